The summed E-state index contributed by atoms with van der Waals surface area (Å²) in [6.07, 6.45) is 7.86. The van der Waals surface area contributed by atoms with Crippen molar-refractivity contribution >= 4 is 23.3 Å². The first-order chi connectivity index (χ1) is 11.9. The highest BCUT2D eigenvalue weighted by Crippen LogP contribution is 2.59. The third-order valence-corrected chi connectivity index (χ3v) is 6.43. The summed E-state index contributed by atoms with van der Waals surface area (Å²) in [6.45, 7) is 2.09. The second-order valence-electron chi connectivity index (χ2n) is 8.53. The van der Waals surface area contributed by atoms with Gasteiger partial charge in [0, 0.05) is 19.2 Å². The Bertz CT molecular complexity index is 665. The highest BCUT2D eigenvalue weighted by molar-refractivity contribution is 6.13. The van der Waals surface area contributed by atoms with Gasteiger partial charge in [-0.15, -0.1) is 0 Å². The number of carbonyl (C=O) groups is 2. The van der Waals surface area contributed by atoms with Gasteiger partial charge in [0.25, 0.3) is 0 Å². The molecular formula is C20H27N3O2. The number of benzene rings is 1. The van der Waals surface area contributed by atoms with Crippen molar-refractivity contribution in [1.82, 2.24) is 5.32 Å². The van der Waals surface area contributed by atoms with Gasteiger partial charge in [-0.25, -0.2) is 9.69 Å². The monoisotopic (exact) mass is 341 g/mol. The van der Waals surface area contributed by atoms with E-state index in [1.165, 1.54) is 50.3 Å². The molecule has 0 heterocycles. The fourth-order valence-corrected chi connectivity index (χ4v) is 5.95. The van der Waals surface area contributed by atoms with E-state index in [0.717, 1.165) is 17.8 Å². The number of nitrogens with one attached hydrogen (secondary N) is 1. The van der Waals surface area contributed by atoms with Crippen LogP contribution in [0.2, 0.25) is 0 Å². The number of amides is 3. The van der Waals surface area contributed by atoms with E-state index in [1.54, 1.807) is 24.3 Å². The molecule has 3 N–H and O–H groups in total. The van der Waals surface area contributed by atoms with Crippen molar-refractivity contribution in [2.75, 3.05) is 17.2 Å². The minimum atomic E-state index is -0.339. The summed E-state index contributed by atoms with van der Waals surface area (Å²) in [5, 5.41) is 3.06. The molecule has 3 amide bonds. The summed E-state index contributed by atoms with van der Waals surface area (Å²) < 4.78 is 0. The van der Waals surface area contributed by atoms with Crippen LogP contribution in [0.3, 0.4) is 0 Å². The number of rotatable bonds is 3. The number of urea groups is 1. The van der Waals surface area contributed by atoms with E-state index in [0.29, 0.717) is 17.9 Å². The van der Waals surface area contributed by atoms with Crippen molar-refractivity contribution in [3.8, 4) is 0 Å². The molecule has 5 heteroatoms. The second-order valence-corrected chi connectivity index (χ2v) is 8.53. The highest BCUT2D eigenvalue weighted by Gasteiger charge is 2.50. The average molecular weight is 341 g/mol. The van der Waals surface area contributed by atoms with E-state index in [9.17, 15) is 9.59 Å². The lowest BCUT2D eigenvalue weighted by atomic mass is 9.49. The summed E-state index contributed by atoms with van der Waals surface area (Å²) in [5.41, 5.74) is 7.12. The molecule has 0 radical (unpaired) electrons. The Morgan fingerprint density at radius 1 is 1.16 bits per heavy atom. The molecule has 0 atom stereocenters. The fourth-order valence-electron chi connectivity index (χ4n) is 5.95. The molecule has 4 aliphatic rings. The SMILES string of the molecule is CC(=O)N(C(=O)NCC12CC3CC(CC(C3)C1)C2)c1cccc(N)c1. The number of hydrogen-bond acceptors (Lipinski definition) is 3. The van der Waals surface area contributed by atoms with Gasteiger partial charge in [-0.3, -0.25) is 4.79 Å². The summed E-state index contributed by atoms with van der Waals surface area (Å²) in [5.74, 6) is 2.25. The molecule has 134 valence electrons. The van der Waals surface area contributed by atoms with E-state index in [-0.39, 0.29) is 17.4 Å². The predicted octanol–water partition coefficient (Wildman–Crippen LogP) is 3.55. The first kappa shape index (κ1) is 16.4. The Balaban J connectivity index is 1.46. The lowest BCUT2D eigenvalue weighted by Gasteiger charge is -2.56. The van der Waals surface area contributed by atoms with Crippen molar-refractivity contribution in [1.29, 1.82) is 0 Å². The minimum absolute atomic E-state index is 0.253. The lowest BCUT2D eigenvalue weighted by molar-refractivity contribution is -0.115. The molecule has 1 aromatic carbocycles. The maximum absolute atomic E-state index is 12.7. The molecule has 4 fully saturated rings. The Morgan fingerprint density at radius 3 is 2.28 bits per heavy atom. The van der Waals surface area contributed by atoms with Crippen LogP contribution in [0.1, 0.15) is 45.4 Å². The Morgan fingerprint density at radius 2 is 1.76 bits per heavy atom. The molecule has 4 saturated carbocycles. The third kappa shape index (κ3) is 3.12. The van der Waals surface area contributed by atoms with E-state index < -0.39 is 0 Å². The maximum Gasteiger partial charge on any atom is 0.328 e. The number of imide groups is 1. The maximum atomic E-state index is 12.7. The molecule has 0 unspecified atom stereocenters. The molecule has 5 rings (SSSR count). The van der Waals surface area contributed by atoms with Gasteiger partial charge in [-0.05, 0) is 79.9 Å². The van der Waals surface area contributed by atoms with E-state index in [1.807, 2.05) is 0 Å². The van der Waals surface area contributed by atoms with Crippen molar-refractivity contribution < 1.29 is 9.59 Å². The Hall–Kier alpha value is -2.04. The summed E-state index contributed by atoms with van der Waals surface area (Å²) in [4.78, 5) is 26.0. The predicted molar refractivity (Wildman–Crippen MR) is 98.0 cm³/mol. The van der Waals surface area contributed by atoms with Crippen LogP contribution in [0.4, 0.5) is 16.2 Å². The van der Waals surface area contributed by atoms with Gasteiger partial charge in [-0.2, -0.15) is 0 Å². The van der Waals surface area contributed by atoms with E-state index in [4.69, 9.17) is 5.73 Å². The number of anilines is 2. The van der Waals surface area contributed by atoms with Gasteiger partial charge in [-0.1, -0.05) is 6.07 Å². The molecule has 25 heavy (non-hydrogen) atoms. The number of nitrogens with zero attached hydrogens (tertiary/aromatic N) is 1. The quantitative estimate of drug-likeness (QED) is 0.826. The first-order valence-electron chi connectivity index (χ1n) is 9.38. The molecule has 0 saturated heterocycles. The minimum Gasteiger partial charge on any atom is -0.399 e. The first-order valence-corrected chi connectivity index (χ1v) is 9.38. The molecule has 4 bridgehead atoms. The average Bonchev–Trinajstić information content (AvgIpc) is 2.52. The van der Waals surface area contributed by atoms with Gasteiger partial charge in [0.2, 0.25) is 5.91 Å². The number of hydrogen-bond donors (Lipinski definition) is 2. The van der Waals surface area contributed by atoms with Gasteiger partial charge in [0.1, 0.15) is 0 Å². The molecule has 1 aromatic rings. The topological polar surface area (TPSA) is 75.4 Å². The molecule has 0 spiro atoms. The highest BCUT2D eigenvalue weighted by atomic mass is 16.2. The number of nitrogen functional groups attached to an aromatic ring is 1. The summed E-state index contributed by atoms with van der Waals surface area (Å²) in [6, 6.07) is 6.56. The van der Waals surface area contributed by atoms with Crippen LogP contribution in [-0.4, -0.2) is 18.5 Å². The van der Waals surface area contributed by atoms with Crippen LogP contribution in [0, 0.1) is 23.2 Å². The lowest BCUT2D eigenvalue weighted by Crippen LogP contribution is -2.53. The molecule has 0 aromatic heterocycles. The number of nitrogens with two attached hydrogens (primary N) is 1. The van der Waals surface area contributed by atoms with Gasteiger partial charge >= 0.3 is 6.03 Å². The summed E-state index contributed by atoms with van der Waals surface area (Å²) in [7, 11) is 0. The second kappa shape index (κ2) is 6.04. The Labute approximate surface area is 148 Å². The van der Waals surface area contributed by atoms with Crippen LogP contribution in [-0.2, 0) is 4.79 Å². The summed E-state index contributed by atoms with van der Waals surface area (Å²) >= 11 is 0. The van der Waals surface area contributed by atoms with Crippen LogP contribution in [0.5, 0.6) is 0 Å². The molecule has 4 aliphatic carbocycles. The van der Waals surface area contributed by atoms with E-state index in [2.05, 4.69) is 5.32 Å². The van der Waals surface area contributed by atoms with Gasteiger partial charge < -0.3 is 11.1 Å². The molecule has 5 nitrogen and oxygen atoms in total. The largest absolute Gasteiger partial charge is 0.399 e. The number of carbonyl (C=O) groups excluding carboxylic acids is 2. The van der Waals surface area contributed by atoms with Crippen LogP contribution in [0.15, 0.2) is 24.3 Å². The van der Waals surface area contributed by atoms with Crippen molar-refractivity contribution in [2.24, 2.45) is 23.2 Å². The molecular weight excluding hydrogens is 314 g/mol. The van der Waals surface area contributed by atoms with Crippen LogP contribution >= 0.6 is 0 Å². The zero-order chi connectivity index (χ0) is 17.6. The van der Waals surface area contributed by atoms with Crippen molar-refractivity contribution in [2.45, 2.75) is 45.4 Å². The third-order valence-electron chi connectivity index (χ3n) is 6.43. The normalized spacial score (nSPS) is 32.4. The Kier molecular flexibility index (Phi) is 3.97. The van der Waals surface area contributed by atoms with Crippen LogP contribution in [0.25, 0.3) is 0 Å². The zero-order valence-electron chi connectivity index (χ0n) is 14.8. The fraction of sp³-hybridized carbons (Fsp3) is 0.600. The van der Waals surface area contributed by atoms with Gasteiger partial charge in [0.15, 0.2) is 0 Å². The molecule has 0 aliphatic heterocycles. The van der Waals surface area contributed by atoms with E-state index >= 15 is 0 Å². The smallest absolute Gasteiger partial charge is 0.328 e. The van der Waals surface area contributed by atoms with Crippen LogP contribution < -0.4 is 16.0 Å². The van der Waals surface area contributed by atoms with Crippen molar-refractivity contribution in [3.63, 3.8) is 0 Å². The van der Waals surface area contributed by atoms with Gasteiger partial charge in [0.05, 0.1) is 5.69 Å². The standard InChI is InChI=1S/C20H27N3O2/c1-13(24)23(18-4-2-3-17(21)8-18)19(25)22-12-20-9-14-5-15(10-20)7-16(6-14)11-20/h2-4,8,14-16H,5-7,9-12,21H2,1H3,(H,22,25). The zero-order valence-corrected chi connectivity index (χ0v) is 14.8. The van der Waals surface area contributed by atoms with Crippen molar-refractivity contribution in [3.05, 3.63) is 24.3 Å².